The van der Waals surface area contributed by atoms with E-state index in [1.807, 2.05) is 0 Å². The van der Waals surface area contributed by atoms with Gasteiger partial charge in [-0.2, -0.15) is 0 Å². The zero-order valence-corrected chi connectivity index (χ0v) is 9.84. The maximum absolute atomic E-state index is 11.3. The van der Waals surface area contributed by atoms with Crippen LogP contribution in [0.5, 0.6) is 0 Å². The third-order valence-corrected chi connectivity index (χ3v) is 2.11. The molecular weight excluding hydrogens is 222 g/mol. The normalized spacial score (nSPS) is 9.76. The second kappa shape index (κ2) is 5.83. The number of rotatable bonds is 5. The summed E-state index contributed by atoms with van der Waals surface area (Å²) in [5.41, 5.74) is 5.97. The molecule has 1 aromatic rings. The first-order valence-corrected chi connectivity index (χ1v) is 5.17. The first-order chi connectivity index (χ1) is 8.04. The Labute approximate surface area is 99.4 Å². The highest BCUT2D eigenvalue weighted by molar-refractivity contribution is 5.91. The molecule has 6 heteroatoms. The summed E-state index contributed by atoms with van der Waals surface area (Å²) in [6.07, 6.45) is 1.47. The largest absolute Gasteiger partial charge is 0.465 e. The van der Waals surface area contributed by atoms with Gasteiger partial charge in [0.1, 0.15) is 12.2 Å². The molecule has 0 bridgehead atoms. The Hall–Kier alpha value is -2.11. The molecular formula is C11H15N3O3. The summed E-state index contributed by atoms with van der Waals surface area (Å²) in [6.45, 7) is 2.20. The van der Waals surface area contributed by atoms with Crippen molar-refractivity contribution in [3.05, 3.63) is 24.0 Å². The number of carbonyl (C=O) groups excluding carboxylic acids is 2. The van der Waals surface area contributed by atoms with Crippen LogP contribution in [0.4, 0.5) is 5.69 Å². The maximum Gasteiger partial charge on any atom is 0.325 e. The van der Waals surface area contributed by atoms with Crippen LogP contribution < -0.4 is 10.6 Å². The molecule has 0 aliphatic rings. The van der Waals surface area contributed by atoms with E-state index in [-0.39, 0.29) is 18.2 Å². The van der Waals surface area contributed by atoms with E-state index >= 15 is 0 Å². The zero-order valence-electron chi connectivity index (χ0n) is 9.84. The first-order valence-electron chi connectivity index (χ1n) is 5.17. The van der Waals surface area contributed by atoms with Crippen molar-refractivity contribution in [3.63, 3.8) is 0 Å². The van der Waals surface area contributed by atoms with Crippen LogP contribution in [0.2, 0.25) is 0 Å². The van der Waals surface area contributed by atoms with E-state index in [0.29, 0.717) is 12.3 Å². The van der Waals surface area contributed by atoms with E-state index in [1.165, 1.54) is 12.3 Å². The van der Waals surface area contributed by atoms with Gasteiger partial charge in [-0.1, -0.05) is 0 Å². The van der Waals surface area contributed by atoms with Gasteiger partial charge >= 0.3 is 5.97 Å². The number of pyridine rings is 1. The number of nitrogens with two attached hydrogens (primary N) is 1. The number of anilines is 1. The minimum atomic E-state index is -0.601. The lowest BCUT2D eigenvalue weighted by Gasteiger charge is -2.18. The highest BCUT2D eigenvalue weighted by atomic mass is 16.5. The van der Waals surface area contributed by atoms with Crippen molar-refractivity contribution in [1.82, 2.24) is 4.98 Å². The fraction of sp³-hybridized carbons (Fsp3) is 0.364. The Morgan fingerprint density at radius 1 is 1.53 bits per heavy atom. The van der Waals surface area contributed by atoms with Crippen LogP contribution in [0.1, 0.15) is 17.4 Å². The van der Waals surface area contributed by atoms with E-state index in [0.717, 1.165) is 0 Å². The molecule has 1 aromatic heterocycles. The fourth-order valence-corrected chi connectivity index (χ4v) is 1.28. The zero-order chi connectivity index (χ0) is 12.8. The highest BCUT2D eigenvalue weighted by Crippen LogP contribution is 2.12. The minimum absolute atomic E-state index is 0.107. The van der Waals surface area contributed by atoms with Crippen molar-refractivity contribution in [3.8, 4) is 0 Å². The summed E-state index contributed by atoms with van der Waals surface area (Å²) in [5, 5.41) is 0. The monoisotopic (exact) mass is 237 g/mol. The second-order valence-corrected chi connectivity index (χ2v) is 3.42. The lowest BCUT2D eigenvalue weighted by atomic mass is 10.3. The van der Waals surface area contributed by atoms with Gasteiger partial charge in [0.2, 0.25) is 0 Å². The predicted octanol–water partition coefficient (Wildman–Crippen LogP) is 0.180. The number of nitrogens with zero attached hydrogens (tertiary/aromatic N) is 2. The average Bonchev–Trinajstić information content (AvgIpc) is 2.29. The Bertz CT molecular complexity index is 420. The summed E-state index contributed by atoms with van der Waals surface area (Å²) in [5.74, 6) is -0.927. The third kappa shape index (κ3) is 3.75. The van der Waals surface area contributed by atoms with Gasteiger partial charge in [0.15, 0.2) is 0 Å². The van der Waals surface area contributed by atoms with Crippen LogP contribution in [-0.4, -0.2) is 37.1 Å². The summed E-state index contributed by atoms with van der Waals surface area (Å²) in [6, 6.07) is 3.22. The smallest absolute Gasteiger partial charge is 0.325 e. The molecule has 17 heavy (non-hydrogen) atoms. The highest BCUT2D eigenvalue weighted by Gasteiger charge is 2.10. The van der Waals surface area contributed by atoms with Crippen molar-refractivity contribution in [1.29, 1.82) is 0 Å². The molecule has 0 saturated carbocycles. The van der Waals surface area contributed by atoms with Crippen LogP contribution in [0.3, 0.4) is 0 Å². The molecule has 1 rings (SSSR count). The average molecular weight is 237 g/mol. The van der Waals surface area contributed by atoms with Crippen LogP contribution >= 0.6 is 0 Å². The Morgan fingerprint density at radius 2 is 2.24 bits per heavy atom. The van der Waals surface area contributed by atoms with E-state index < -0.39 is 5.91 Å². The number of amides is 1. The summed E-state index contributed by atoms with van der Waals surface area (Å²) in [7, 11) is 1.72. The molecule has 1 heterocycles. The summed E-state index contributed by atoms with van der Waals surface area (Å²) >= 11 is 0. The lowest BCUT2D eigenvalue weighted by Crippen LogP contribution is -2.27. The molecule has 1 amide bonds. The number of likely N-dealkylation sites (N-methyl/N-ethyl adjacent to an activating group) is 1. The van der Waals surface area contributed by atoms with Crippen molar-refractivity contribution in [2.75, 3.05) is 25.1 Å². The number of aromatic nitrogens is 1. The predicted molar refractivity (Wildman–Crippen MR) is 62.7 cm³/mol. The fourth-order valence-electron chi connectivity index (χ4n) is 1.28. The molecule has 6 nitrogen and oxygen atoms in total. The van der Waals surface area contributed by atoms with Gasteiger partial charge in [-0.3, -0.25) is 14.6 Å². The molecule has 0 spiro atoms. The molecule has 2 N–H and O–H groups in total. The minimum Gasteiger partial charge on any atom is -0.465 e. The van der Waals surface area contributed by atoms with Crippen molar-refractivity contribution in [2.45, 2.75) is 6.92 Å². The number of hydrogen-bond acceptors (Lipinski definition) is 5. The van der Waals surface area contributed by atoms with Crippen LogP contribution in [0.25, 0.3) is 0 Å². The number of hydrogen-bond donors (Lipinski definition) is 1. The molecule has 0 atom stereocenters. The molecule has 0 fully saturated rings. The molecule has 0 aliphatic heterocycles. The number of esters is 1. The SMILES string of the molecule is CCOC(=O)CN(C)c1ccnc(C(N)=O)c1. The maximum atomic E-state index is 11.3. The van der Waals surface area contributed by atoms with Crippen LogP contribution in [0, 0.1) is 0 Å². The van der Waals surface area contributed by atoms with Gasteiger partial charge in [-0.25, -0.2) is 0 Å². The molecule has 0 aromatic carbocycles. The molecule has 0 aliphatic carbocycles. The molecule has 0 unspecified atom stereocenters. The van der Waals surface area contributed by atoms with Crippen LogP contribution in [0.15, 0.2) is 18.3 Å². The quantitative estimate of drug-likeness (QED) is 0.738. The number of primary amides is 1. The van der Waals surface area contributed by atoms with Gasteiger partial charge < -0.3 is 15.4 Å². The van der Waals surface area contributed by atoms with Crippen molar-refractivity contribution >= 4 is 17.6 Å². The Morgan fingerprint density at radius 3 is 2.82 bits per heavy atom. The van der Waals surface area contributed by atoms with E-state index in [2.05, 4.69) is 4.98 Å². The summed E-state index contributed by atoms with van der Waals surface area (Å²) in [4.78, 5) is 27.7. The van der Waals surface area contributed by atoms with Gasteiger partial charge in [0, 0.05) is 18.9 Å². The third-order valence-electron chi connectivity index (χ3n) is 2.11. The van der Waals surface area contributed by atoms with E-state index in [4.69, 9.17) is 10.5 Å². The number of ether oxygens (including phenoxy) is 1. The standard InChI is InChI=1S/C11H15N3O3/c1-3-17-10(15)7-14(2)8-4-5-13-9(6-8)11(12)16/h4-6H,3,7H2,1-2H3,(H2,12,16). The summed E-state index contributed by atoms with van der Waals surface area (Å²) < 4.78 is 4.82. The van der Waals surface area contributed by atoms with Crippen molar-refractivity contribution < 1.29 is 14.3 Å². The Balaban J connectivity index is 2.75. The molecule has 0 saturated heterocycles. The van der Waals surface area contributed by atoms with Gasteiger partial charge in [0.05, 0.1) is 6.61 Å². The van der Waals surface area contributed by atoms with Crippen molar-refractivity contribution in [2.24, 2.45) is 5.73 Å². The van der Waals surface area contributed by atoms with E-state index in [9.17, 15) is 9.59 Å². The molecule has 0 radical (unpaired) electrons. The second-order valence-electron chi connectivity index (χ2n) is 3.42. The van der Waals surface area contributed by atoms with Gasteiger partial charge in [-0.15, -0.1) is 0 Å². The first kappa shape index (κ1) is 13.0. The lowest BCUT2D eigenvalue weighted by molar-refractivity contribution is -0.141. The number of carbonyl (C=O) groups is 2. The van der Waals surface area contributed by atoms with Crippen LogP contribution in [-0.2, 0) is 9.53 Å². The van der Waals surface area contributed by atoms with Gasteiger partial charge in [-0.05, 0) is 19.1 Å². The topological polar surface area (TPSA) is 85.5 Å². The Kier molecular flexibility index (Phi) is 4.45. The van der Waals surface area contributed by atoms with Gasteiger partial charge in [0.25, 0.3) is 5.91 Å². The molecule has 92 valence electrons. The van der Waals surface area contributed by atoms with E-state index in [1.54, 1.807) is 24.9 Å².